The number of anilines is 1. The predicted octanol–water partition coefficient (Wildman–Crippen LogP) is 3.00. The molecule has 0 amide bonds. The second kappa shape index (κ2) is 4.96. The number of nitrogens with one attached hydrogen (secondary N) is 1. The molecule has 0 saturated carbocycles. The third-order valence-electron chi connectivity index (χ3n) is 1.75. The van der Waals surface area contributed by atoms with Gasteiger partial charge < -0.3 is 11.1 Å². The van der Waals surface area contributed by atoms with Crippen LogP contribution in [0.1, 0.15) is 6.92 Å². The van der Waals surface area contributed by atoms with Gasteiger partial charge in [-0.1, -0.05) is 11.6 Å². The monoisotopic (exact) mass is 280 g/mol. The molecule has 0 aliphatic heterocycles. The zero-order valence-corrected chi connectivity index (χ0v) is 9.99. The van der Waals surface area contributed by atoms with E-state index in [1.165, 1.54) is 6.07 Å². The van der Waals surface area contributed by atoms with Gasteiger partial charge in [-0.15, -0.1) is 0 Å². The van der Waals surface area contributed by atoms with Gasteiger partial charge in [0.15, 0.2) is 0 Å². The minimum absolute atomic E-state index is 0.0895. The molecular formula is C9H11BrClFN2. The molecule has 0 heterocycles. The topological polar surface area (TPSA) is 38.0 Å². The van der Waals surface area contributed by atoms with E-state index in [1.807, 2.05) is 6.92 Å². The van der Waals surface area contributed by atoms with Crippen molar-refractivity contribution in [3.8, 4) is 0 Å². The van der Waals surface area contributed by atoms with Crippen molar-refractivity contribution >= 4 is 33.2 Å². The summed E-state index contributed by atoms with van der Waals surface area (Å²) in [5.41, 5.74) is 6.06. The molecule has 0 radical (unpaired) electrons. The van der Waals surface area contributed by atoms with E-state index in [4.69, 9.17) is 17.3 Å². The van der Waals surface area contributed by atoms with Gasteiger partial charge in [-0.3, -0.25) is 0 Å². The van der Waals surface area contributed by atoms with Crippen LogP contribution in [0.15, 0.2) is 16.6 Å². The largest absolute Gasteiger partial charge is 0.381 e. The Morgan fingerprint density at radius 2 is 2.29 bits per heavy atom. The number of rotatable bonds is 3. The average Bonchev–Trinajstić information content (AvgIpc) is 2.14. The molecule has 0 spiro atoms. The Morgan fingerprint density at radius 1 is 1.64 bits per heavy atom. The molecule has 1 aromatic carbocycles. The lowest BCUT2D eigenvalue weighted by molar-refractivity contribution is 0.621. The summed E-state index contributed by atoms with van der Waals surface area (Å²) in [6.45, 7) is 2.39. The molecule has 2 nitrogen and oxygen atoms in total. The van der Waals surface area contributed by atoms with Crippen molar-refractivity contribution < 1.29 is 4.39 Å². The predicted molar refractivity (Wildman–Crippen MR) is 61.2 cm³/mol. The zero-order valence-electron chi connectivity index (χ0n) is 7.65. The summed E-state index contributed by atoms with van der Waals surface area (Å²) in [6.07, 6.45) is 0. The van der Waals surface area contributed by atoms with Gasteiger partial charge in [0.25, 0.3) is 0 Å². The quantitative estimate of drug-likeness (QED) is 0.836. The molecule has 3 N–H and O–H groups in total. The molecule has 78 valence electrons. The van der Waals surface area contributed by atoms with Crippen LogP contribution < -0.4 is 11.1 Å². The lowest BCUT2D eigenvalue weighted by Gasteiger charge is -2.13. The van der Waals surface area contributed by atoms with Crippen LogP contribution in [0.4, 0.5) is 10.1 Å². The van der Waals surface area contributed by atoms with Crippen LogP contribution in [0.5, 0.6) is 0 Å². The van der Waals surface area contributed by atoms with Crippen LogP contribution in [0.25, 0.3) is 0 Å². The van der Waals surface area contributed by atoms with Gasteiger partial charge in [0, 0.05) is 18.3 Å². The molecule has 0 aliphatic carbocycles. The smallest absolute Gasteiger partial charge is 0.140 e. The van der Waals surface area contributed by atoms with Gasteiger partial charge in [-0.25, -0.2) is 4.39 Å². The number of hydrogen-bond acceptors (Lipinski definition) is 2. The molecule has 1 aromatic rings. The molecule has 0 saturated heterocycles. The normalized spacial score (nSPS) is 12.6. The minimum atomic E-state index is -0.385. The van der Waals surface area contributed by atoms with E-state index in [0.29, 0.717) is 17.3 Å². The first-order chi connectivity index (χ1) is 6.54. The summed E-state index contributed by atoms with van der Waals surface area (Å²) in [4.78, 5) is 0. The number of halogens is 3. The second-order valence-electron chi connectivity index (χ2n) is 3.03. The first-order valence-electron chi connectivity index (χ1n) is 4.15. The standard InChI is InChI=1S/C9H11BrClFN2/c1-5(4-13)14-6-2-7(11)9(10)8(12)3-6/h2-3,5,14H,4,13H2,1H3. The van der Waals surface area contributed by atoms with Gasteiger partial charge in [0.05, 0.1) is 9.50 Å². The Hall–Kier alpha value is -0.320. The zero-order chi connectivity index (χ0) is 10.7. The van der Waals surface area contributed by atoms with Gasteiger partial charge in [0.2, 0.25) is 0 Å². The fourth-order valence-corrected chi connectivity index (χ4v) is 1.42. The number of hydrogen-bond donors (Lipinski definition) is 2. The number of nitrogens with two attached hydrogens (primary N) is 1. The van der Waals surface area contributed by atoms with E-state index >= 15 is 0 Å². The molecule has 14 heavy (non-hydrogen) atoms. The van der Waals surface area contributed by atoms with Gasteiger partial charge in [-0.05, 0) is 35.0 Å². The van der Waals surface area contributed by atoms with Gasteiger partial charge in [0.1, 0.15) is 5.82 Å². The Kier molecular flexibility index (Phi) is 4.16. The van der Waals surface area contributed by atoms with Crippen LogP contribution >= 0.6 is 27.5 Å². The van der Waals surface area contributed by atoms with Crippen molar-refractivity contribution in [2.45, 2.75) is 13.0 Å². The van der Waals surface area contributed by atoms with Crippen molar-refractivity contribution in [3.05, 3.63) is 27.4 Å². The second-order valence-corrected chi connectivity index (χ2v) is 4.24. The van der Waals surface area contributed by atoms with E-state index < -0.39 is 0 Å². The molecule has 0 aromatic heterocycles. The number of benzene rings is 1. The highest BCUT2D eigenvalue weighted by Crippen LogP contribution is 2.29. The summed E-state index contributed by atoms with van der Waals surface area (Å²) in [5.74, 6) is -0.385. The van der Waals surface area contributed by atoms with E-state index in [1.54, 1.807) is 6.07 Å². The lowest BCUT2D eigenvalue weighted by atomic mass is 10.2. The molecule has 1 unspecified atom stereocenters. The molecule has 0 aliphatic rings. The molecule has 1 rings (SSSR count). The van der Waals surface area contributed by atoms with Crippen molar-refractivity contribution in [2.24, 2.45) is 5.73 Å². The molecule has 0 fully saturated rings. The maximum atomic E-state index is 13.2. The molecule has 1 atom stereocenters. The van der Waals surface area contributed by atoms with E-state index in [-0.39, 0.29) is 16.3 Å². The molecular weight excluding hydrogens is 270 g/mol. The van der Waals surface area contributed by atoms with Crippen molar-refractivity contribution in [2.75, 3.05) is 11.9 Å². The highest BCUT2D eigenvalue weighted by atomic mass is 79.9. The third-order valence-corrected chi connectivity index (χ3v) is 3.08. The summed E-state index contributed by atoms with van der Waals surface area (Å²) in [6, 6.07) is 3.12. The maximum absolute atomic E-state index is 13.2. The Labute approximate surface area is 95.8 Å². The third kappa shape index (κ3) is 2.83. The Bertz CT molecular complexity index is 310. The van der Waals surface area contributed by atoms with E-state index in [9.17, 15) is 4.39 Å². The van der Waals surface area contributed by atoms with Crippen LogP contribution in [0, 0.1) is 5.82 Å². The summed E-state index contributed by atoms with van der Waals surface area (Å²) in [7, 11) is 0. The fraction of sp³-hybridized carbons (Fsp3) is 0.333. The summed E-state index contributed by atoms with van der Waals surface area (Å²) < 4.78 is 13.5. The lowest BCUT2D eigenvalue weighted by Crippen LogP contribution is -2.25. The average molecular weight is 282 g/mol. The van der Waals surface area contributed by atoms with E-state index in [0.717, 1.165) is 0 Å². The highest BCUT2D eigenvalue weighted by Gasteiger charge is 2.07. The minimum Gasteiger partial charge on any atom is -0.381 e. The highest BCUT2D eigenvalue weighted by molar-refractivity contribution is 9.10. The first kappa shape index (κ1) is 11.8. The van der Waals surface area contributed by atoms with Crippen molar-refractivity contribution in [1.29, 1.82) is 0 Å². The fourth-order valence-electron chi connectivity index (χ4n) is 0.982. The molecule has 5 heteroatoms. The van der Waals surface area contributed by atoms with Crippen LogP contribution in [0.2, 0.25) is 5.02 Å². The SMILES string of the molecule is CC(CN)Nc1cc(F)c(Br)c(Cl)c1. The first-order valence-corrected chi connectivity index (χ1v) is 5.33. The summed E-state index contributed by atoms with van der Waals surface area (Å²) in [5, 5.41) is 3.37. The van der Waals surface area contributed by atoms with Crippen LogP contribution in [-0.2, 0) is 0 Å². The summed E-state index contributed by atoms with van der Waals surface area (Å²) >= 11 is 8.82. The Balaban J connectivity index is 2.89. The van der Waals surface area contributed by atoms with Crippen LogP contribution in [-0.4, -0.2) is 12.6 Å². The van der Waals surface area contributed by atoms with Crippen molar-refractivity contribution in [3.63, 3.8) is 0 Å². The Morgan fingerprint density at radius 3 is 2.79 bits per heavy atom. The van der Waals surface area contributed by atoms with Crippen molar-refractivity contribution in [1.82, 2.24) is 0 Å². The maximum Gasteiger partial charge on any atom is 0.140 e. The van der Waals surface area contributed by atoms with E-state index in [2.05, 4.69) is 21.2 Å². The molecule has 0 bridgehead atoms. The van der Waals surface area contributed by atoms with Gasteiger partial charge in [-0.2, -0.15) is 0 Å². The van der Waals surface area contributed by atoms with Crippen LogP contribution in [0.3, 0.4) is 0 Å². The van der Waals surface area contributed by atoms with Gasteiger partial charge >= 0.3 is 0 Å².